The van der Waals surface area contributed by atoms with E-state index in [4.69, 9.17) is 0 Å². The van der Waals surface area contributed by atoms with Gasteiger partial charge < -0.3 is 0 Å². The summed E-state index contributed by atoms with van der Waals surface area (Å²) in [7, 11) is 0. The molecule has 2 aliphatic rings. The smallest absolute Gasteiger partial charge is 0.258 e. The molecular formula is C19H17NO2. The van der Waals surface area contributed by atoms with Crippen molar-refractivity contribution in [1.82, 2.24) is 0 Å². The summed E-state index contributed by atoms with van der Waals surface area (Å²) in [5, 5.41) is 10.8. The Hall–Kier alpha value is -2.68. The summed E-state index contributed by atoms with van der Waals surface area (Å²) in [5.41, 5.74) is 8.41. The lowest BCUT2D eigenvalue weighted by Crippen LogP contribution is -1.87. The van der Waals surface area contributed by atoms with Gasteiger partial charge in [0, 0.05) is 12.1 Å². The molecule has 0 amide bonds. The van der Waals surface area contributed by atoms with E-state index in [1.165, 1.54) is 27.8 Å². The van der Waals surface area contributed by atoms with Crippen molar-refractivity contribution < 1.29 is 4.92 Å². The van der Waals surface area contributed by atoms with Gasteiger partial charge in [0.25, 0.3) is 5.69 Å². The topological polar surface area (TPSA) is 43.1 Å². The summed E-state index contributed by atoms with van der Waals surface area (Å²) in [5.74, 6) is 0. The van der Waals surface area contributed by atoms with Crippen LogP contribution in [0.5, 0.6) is 0 Å². The Morgan fingerprint density at radius 1 is 0.818 bits per heavy atom. The molecule has 1 aromatic rings. The number of nitro groups is 1. The molecule has 0 fully saturated rings. The van der Waals surface area contributed by atoms with Crippen LogP contribution in [-0.4, -0.2) is 4.92 Å². The van der Waals surface area contributed by atoms with E-state index in [0.717, 1.165) is 11.1 Å². The third-order valence-electron chi connectivity index (χ3n) is 4.05. The minimum atomic E-state index is -0.369. The molecular weight excluding hydrogens is 274 g/mol. The quantitative estimate of drug-likeness (QED) is 0.475. The minimum absolute atomic E-state index is 0.119. The number of fused-ring (bicyclic) bond motifs is 1. The number of hydrogen-bond donors (Lipinski definition) is 0. The summed E-state index contributed by atoms with van der Waals surface area (Å²) in [6.07, 6.45) is 0. The molecule has 2 aliphatic carbocycles. The van der Waals surface area contributed by atoms with Gasteiger partial charge in [-0.15, -0.1) is 0 Å². The summed E-state index contributed by atoms with van der Waals surface area (Å²) >= 11 is 0. The van der Waals surface area contributed by atoms with Crippen LogP contribution in [0.3, 0.4) is 0 Å². The summed E-state index contributed by atoms with van der Waals surface area (Å²) in [6.45, 7) is 6.34. The molecule has 0 saturated heterocycles. The van der Waals surface area contributed by atoms with Crippen molar-refractivity contribution in [2.45, 2.75) is 20.8 Å². The predicted octanol–water partition coefficient (Wildman–Crippen LogP) is 5.29. The van der Waals surface area contributed by atoms with Gasteiger partial charge in [0.2, 0.25) is 0 Å². The standard InChI is InChI=1S/C19H17NO2/c1-12-10-13(2)17-8-9-18(19(17)14(3)11-12)15-4-6-16(7-5-15)20(21)22/h4-11H,1-3H3. The molecule has 110 valence electrons. The first kappa shape index (κ1) is 14.3. The van der Waals surface area contributed by atoms with E-state index in [2.05, 4.69) is 45.0 Å². The maximum atomic E-state index is 10.8. The lowest BCUT2D eigenvalue weighted by atomic mass is 9.97. The fourth-order valence-corrected chi connectivity index (χ4v) is 3.11. The van der Waals surface area contributed by atoms with Crippen molar-refractivity contribution in [2.75, 3.05) is 0 Å². The van der Waals surface area contributed by atoms with Gasteiger partial charge in [-0.1, -0.05) is 29.8 Å². The number of nitrogens with zero attached hydrogens (tertiary/aromatic N) is 1. The van der Waals surface area contributed by atoms with Crippen LogP contribution in [0.15, 0.2) is 48.5 Å². The maximum absolute atomic E-state index is 10.8. The van der Waals surface area contributed by atoms with Gasteiger partial charge in [-0.2, -0.15) is 0 Å². The second kappa shape index (κ2) is 5.26. The molecule has 0 radical (unpaired) electrons. The van der Waals surface area contributed by atoms with Crippen LogP contribution in [0.1, 0.15) is 16.7 Å². The van der Waals surface area contributed by atoms with E-state index in [9.17, 15) is 10.1 Å². The summed E-state index contributed by atoms with van der Waals surface area (Å²) in [6, 6.07) is 15.4. The van der Waals surface area contributed by atoms with E-state index < -0.39 is 0 Å². The van der Waals surface area contributed by atoms with Crippen LogP contribution in [0.2, 0.25) is 0 Å². The van der Waals surface area contributed by atoms with Crippen LogP contribution in [-0.2, 0) is 0 Å². The molecule has 0 bridgehead atoms. The number of nitro benzene ring substituents is 1. The number of rotatable bonds is 2. The molecule has 0 heterocycles. The molecule has 1 aromatic carbocycles. The Balaban J connectivity index is 2.20. The van der Waals surface area contributed by atoms with Crippen molar-refractivity contribution in [3.63, 3.8) is 0 Å². The highest BCUT2D eigenvalue weighted by Crippen LogP contribution is 2.39. The van der Waals surface area contributed by atoms with Crippen molar-refractivity contribution in [3.05, 3.63) is 75.3 Å². The van der Waals surface area contributed by atoms with Gasteiger partial charge >= 0.3 is 0 Å². The number of aryl methyl sites for hydroxylation is 3. The number of benzene rings is 1. The Morgan fingerprint density at radius 3 is 2.05 bits per heavy atom. The molecule has 0 saturated carbocycles. The molecule has 0 N–H and O–H groups in total. The molecule has 3 rings (SSSR count). The average molecular weight is 291 g/mol. The van der Waals surface area contributed by atoms with Crippen LogP contribution in [0.4, 0.5) is 5.69 Å². The molecule has 3 nitrogen and oxygen atoms in total. The van der Waals surface area contributed by atoms with E-state index in [-0.39, 0.29) is 10.6 Å². The maximum Gasteiger partial charge on any atom is 0.269 e. The zero-order valence-electron chi connectivity index (χ0n) is 12.9. The second-order valence-electron chi connectivity index (χ2n) is 5.74. The Bertz CT molecular complexity index is 835. The van der Waals surface area contributed by atoms with Gasteiger partial charge in [-0.25, -0.2) is 0 Å². The monoisotopic (exact) mass is 291 g/mol. The van der Waals surface area contributed by atoms with Crippen molar-refractivity contribution in [1.29, 1.82) is 0 Å². The van der Waals surface area contributed by atoms with Gasteiger partial charge in [0.1, 0.15) is 0 Å². The third-order valence-corrected chi connectivity index (χ3v) is 4.05. The van der Waals surface area contributed by atoms with E-state index in [1.807, 2.05) is 12.1 Å². The first-order valence-corrected chi connectivity index (χ1v) is 7.23. The van der Waals surface area contributed by atoms with Crippen molar-refractivity contribution in [2.24, 2.45) is 0 Å². The summed E-state index contributed by atoms with van der Waals surface area (Å²) < 4.78 is 0. The molecule has 3 heteroatoms. The molecule has 0 aliphatic heterocycles. The minimum Gasteiger partial charge on any atom is -0.258 e. The number of non-ortho nitro benzene ring substituents is 1. The van der Waals surface area contributed by atoms with Crippen LogP contribution >= 0.6 is 0 Å². The van der Waals surface area contributed by atoms with Gasteiger partial charge in [0.05, 0.1) is 4.92 Å². The Morgan fingerprint density at radius 2 is 1.41 bits per heavy atom. The van der Waals surface area contributed by atoms with Crippen molar-refractivity contribution in [3.8, 4) is 22.3 Å². The van der Waals surface area contributed by atoms with Crippen LogP contribution in [0.25, 0.3) is 22.3 Å². The fourth-order valence-electron chi connectivity index (χ4n) is 3.11. The third kappa shape index (κ3) is 2.35. The highest BCUT2D eigenvalue weighted by molar-refractivity contribution is 5.90. The molecule has 22 heavy (non-hydrogen) atoms. The van der Waals surface area contributed by atoms with Gasteiger partial charge in [-0.3, -0.25) is 10.1 Å². The van der Waals surface area contributed by atoms with Crippen LogP contribution in [0, 0.1) is 30.9 Å². The average Bonchev–Trinajstić information content (AvgIpc) is 2.87. The second-order valence-corrected chi connectivity index (χ2v) is 5.74. The molecule has 0 aromatic heterocycles. The highest BCUT2D eigenvalue weighted by atomic mass is 16.6. The molecule has 0 spiro atoms. The lowest BCUT2D eigenvalue weighted by molar-refractivity contribution is -0.384. The highest BCUT2D eigenvalue weighted by Gasteiger charge is 2.16. The molecule has 0 atom stereocenters. The van der Waals surface area contributed by atoms with E-state index >= 15 is 0 Å². The fraction of sp³-hybridized carbons (Fsp3) is 0.158. The predicted molar refractivity (Wildman–Crippen MR) is 89.4 cm³/mol. The Labute approximate surface area is 129 Å². The zero-order valence-corrected chi connectivity index (χ0v) is 12.9. The SMILES string of the molecule is Cc1cc(C)c2ccc(-c3ccc([N+](=O)[O-])cc3)c-2c(C)c1. The Kier molecular flexibility index (Phi) is 3.41. The van der Waals surface area contributed by atoms with E-state index in [1.54, 1.807) is 12.1 Å². The first-order chi connectivity index (χ1) is 10.5. The van der Waals surface area contributed by atoms with E-state index in [0.29, 0.717) is 0 Å². The first-order valence-electron chi connectivity index (χ1n) is 7.23. The van der Waals surface area contributed by atoms with Crippen molar-refractivity contribution >= 4 is 5.69 Å². The summed E-state index contributed by atoms with van der Waals surface area (Å²) in [4.78, 5) is 10.4. The number of hydrogen-bond acceptors (Lipinski definition) is 2. The van der Waals surface area contributed by atoms with Gasteiger partial charge in [0.15, 0.2) is 0 Å². The zero-order chi connectivity index (χ0) is 15.9. The lowest BCUT2D eigenvalue weighted by Gasteiger charge is -2.06. The molecule has 0 unspecified atom stereocenters. The largest absolute Gasteiger partial charge is 0.269 e. The van der Waals surface area contributed by atoms with Gasteiger partial charge in [-0.05, 0) is 66.3 Å². The normalized spacial score (nSPS) is 10.9. The van der Waals surface area contributed by atoms with Crippen LogP contribution < -0.4 is 0 Å².